The van der Waals surface area contributed by atoms with Gasteiger partial charge in [-0.1, -0.05) is 50.1 Å². The van der Waals surface area contributed by atoms with Gasteiger partial charge in [0.15, 0.2) is 35.9 Å². The Morgan fingerprint density at radius 2 is 1.75 bits per heavy atom. The lowest BCUT2D eigenvalue weighted by Gasteiger charge is -2.47. The number of carbonyl (C=O) groups is 4. The molecule has 332 valence electrons. The van der Waals surface area contributed by atoms with E-state index in [4.69, 9.17) is 38.8 Å². The van der Waals surface area contributed by atoms with Crippen molar-refractivity contribution in [3.8, 4) is 11.3 Å². The molecule has 3 N–H and O–H groups in total. The number of oxime groups is 1. The number of benzene rings is 1. The number of fused-ring (bicyclic) bond motifs is 1. The molecule has 0 aliphatic carbocycles. The molecule has 0 radical (unpaired) electrons. The average Bonchev–Trinajstić information content (AvgIpc) is 3.79. The van der Waals surface area contributed by atoms with E-state index in [0.717, 1.165) is 0 Å². The van der Waals surface area contributed by atoms with Crippen LogP contribution in [0.2, 0.25) is 0 Å². The van der Waals surface area contributed by atoms with E-state index in [0.29, 0.717) is 17.7 Å². The molecule has 5 rings (SSSR count). The number of nitrogens with zero attached hydrogens (tertiary/aromatic N) is 3. The highest BCUT2D eigenvalue weighted by Crippen LogP contribution is 2.48. The number of esters is 2. The van der Waals surface area contributed by atoms with Gasteiger partial charge in [0, 0.05) is 48.5 Å². The first-order chi connectivity index (χ1) is 28.2. The Bertz CT molecular complexity index is 1910. The molecule has 3 saturated heterocycles. The molecular weight excluding hydrogens is 783 g/mol. The third-order valence-corrected chi connectivity index (χ3v) is 12.7. The number of ketones is 2. The molecule has 14 atom stereocenters. The predicted octanol–water partition coefficient (Wildman–Crippen LogP) is 4.44. The SMILES string of the molecule is CC[C@H]1OC(=O)[C@H](C)C(=O)[C@H](C)[C@@H](OC2OC(C)CC(N(C)C)C2O)[C@@](C)(OC)C[C@@H](C)C(=O)[C@H](C)C2C(/C(N)=N\OCc3cc(-c4cccc(F)c4)no3)C(=O)O[C@@]21C. The molecule has 3 aliphatic heterocycles. The molecule has 6 unspecified atom stereocenters. The maximum absolute atomic E-state index is 14.7. The minimum absolute atomic E-state index is 0.0326. The van der Waals surface area contributed by atoms with E-state index in [2.05, 4.69) is 10.3 Å². The Balaban J connectivity index is 1.49. The lowest BCUT2D eigenvalue weighted by Crippen LogP contribution is -2.59. The molecule has 4 heterocycles. The summed E-state index contributed by atoms with van der Waals surface area (Å²) in [6.45, 7) is 13.1. The smallest absolute Gasteiger partial charge is 0.317 e. The third-order valence-electron chi connectivity index (χ3n) is 12.7. The summed E-state index contributed by atoms with van der Waals surface area (Å²) in [5.41, 5.74) is 4.40. The summed E-state index contributed by atoms with van der Waals surface area (Å²) < 4.78 is 50.1. The number of rotatable bonds is 10. The van der Waals surface area contributed by atoms with Gasteiger partial charge in [0.1, 0.15) is 41.3 Å². The number of carbonyl (C=O) groups excluding carboxylic acids is 4. The normalized spacial score (nSPS) is 37.3. The average molecular weight is 845 g/mol. The van der Waals surface area contributed by atoms with Gasteiger partial charge in [0.2, 0.25) is 0 Å². The molecule has 16 nitrogen and oxygen atoms in total. The van der Waals surface area contributed by atoms with Crippen LogP contribution in [-0.2, 0) is 54.3 Å². The molecule has 17 heteroatoms. The lowest BCUT2D eigenvalue weighted by atomic mass is 9.67. The van der Waals surface area contributed by atoms with Gasteiger partial charge in [-0.25, -0.2) is 4.39 Å². The standard InChI is InChI=1S/C43H61FN4O12/c1-12-31-43(8)33(32(40(53)59-43)38(45)47-55-20-28-18-29(46-60-28)26-14-13-15-27(44)17-26)23(4)34(49)21(2)19-42(7,54-11)37(24(5)35(50)25(6)39(52)57-31)58-41-36(51)30(48(9)10)16-22(3)56-41/h13-15,17-18,21-25,30-33,36-37,41,51H,12,16,19-20H2,1-11H3,(H2,45,47)/t21-,22?,23-,24+,25-,30?,31-,32?,33?,36?,37-,41?,42+,43-/m1/s1. The van der Waals surface area contributed by atoms with E-state index in [1.807, 2.05) is 25.9 Å². The number of halogens is 1. The number of aliphatic hydroxyl groups is 1. The van der Waals surface area contributed by atoms with Crippen molar-refractivity contribution >= 4 is 29.3 Å². The summed E-state index contributed by atoms with van der Waals surface area (Å²) in [6.07, 6.45) is -4.08. The molecule has 3 aliphatic rings. The third kappa shape index (κ3) is 9.44. The van der Waals surface area contributed by atoms with E-state index in [1.165, 1.54) is 26.2 Å². The molecule has 0 saturated carbocycles. The number of aromatic nitrogens is 1. The predicted molar refractivity (Wildman–Crippen MR) is 214 cm³/mol. The van der Waals surface area contributed by atoms with Crippen LogP contribution in [0.1, 0.15) is 80.4 Å². The molecular formula is C43H61FN4O12. The van der Waals surface area contributed by atoms with E-state index in [-0.39, 0.29) is 49.0 Å². The van der Waals surface area contributed by atoms with Crippen molar-refractivity contribution in [2.75, 3.05) is 21.2 Å². The maximum Gasteiger partial charge on any atom is 0.317 e. The molecule has 3 fully saturated rings. The highest BCUT2D eigenvalue weighted by Gasteiger charge is 2.62. The van der Waals surface area contributed by atoms with Gasteiger partial charge in [-0.3, -0.25) is 19.2 Å². The summed E-state index contributed by atoms with van der Waals surface area (Å²) >= 11 is 0. The number of amidine groups is 1. The summed E-state index contributed by atoms with van der Waals surface area (Å²) in [5.74, 6) is -9.38. The topological polar surface area (TPSA) is 212 Å². The van der Waals surface area contributed by atoms with Crippen LogP contribution >= 0.6 is 0 Å². The van der Waals surface area contributed by atoms with Gasteiger partial charge in [0.05, 0.1) is 17.8 Å². The quantitative estimate of drug-likeness (QED) is 0.111. The molecule has 1 aromatic carbocycles. The summed E-state index contributed by atoms with van der Waals surface area (Å²) in [6, 6.07) is 7.04. The van der Waals surface area contributed by atoms with Crippen LogP contribution in [0.4, 0.5) is 4.39 Å². The van der Waals surface area contributed by atoms with E-state index in [9.17, 15) is 28.7 Å². The number of cyclic esters (lactones) is 1. The number of hydrogen-bond donors (Lipinski definition) is 2. The summed E-state index contributed by atoms with van der Waals surface area (Å²) in [4.78, 5) is 64.3. The summed E-state index contributed by atoms with van der Waals surface area (Å²) in [5, 5.41) is 19.4. The van der Waals surface area contributed by atoms with Gasteiger partial charge in [-0.2, -0.15) is 0 Å². The minimum Gasteiger partial charge on any atom is -0.458 e. The number of hydrogen-bond acceptors (Lipinski definition) is 15. The Morgan fingerprint density at radius 3 is 2.38 bits per heavy atom. The minimum atomic E-state index is -1.60. The fourth-order valence-electron chi connectivity index (χ4n) is 9.34. The first-order valence-electron chi connectivity index (χ1n) is 20.5. The number of Topliss-reactive ketones (excluding diaryl/α,β-unsaturated/α-hetero) is 2. The first kappa shape index (κ1) is 46.8. The second-order valence-electron chi connectivity index (χ2n) is 17.3. The molecule has 0 bridgehead atoms. The van der Waals surface area contributed by atoms with Crippen molar-refractivity contribution < 1.29 is 61.7 Å². The van der Waals surface area contributed by atoms with Gasteiger partial charge < -0.3 is 48.8 Å². The van der Waals surface area contributed by atoms with Gasteiger partial charge in [-0.05, 0) is 73.2 Å². The second-order valence-corrected chi connectivity index (χ2v) is 17.3. The van der Waals surface area contributed by atoms with Crippen LogP contribution in [-0.4, -0.2) is 114 Å². The van der Waals surface area contributed by atoms with Crippen LogP contribution < -0.4 is 5.73 Å². The fourth-order valence-corrected chi connectivity index (χ4v) is 9.34. The zero-order valence-corrected chi connectivity index (χ0v) is 36.4. The van der Waals surface area contributed by atoms with Gasteiger partial charge in [0.25, 0.3) is 0 Å². The Morgan fingerprint density at radius 1 is 1.05 bits per heavy atom. The van der Waals surface area contributed by atoms with E-state index in [1.54, 1.807) is 59.7 Å². The zero-order valence-electron chi connectivity index (χ0n) is 36.4. The van der Waals surface area contributed by atoms with Crippen LogP contribution in [0, 0.1) is 41.3 Å². The highest BCUT2D eigenvalue weighted by molar-refractivity contribution is 6.03. The molecule has 1 aromatic heterocycles. The van der Waals surface area contributed by atoms with Crippen molar-refractivity contribution in [1.29, 1.82) is 0 Å². The van der Waals surface area contributed by atoms with Crippen molar-refractivity contribution in [3.05, 3.63) is 41.9 Å². The van der Waals surface area contributed by atoms with Crippen LogP contribution in [0.3, 0.4) is 0 Å². The van der Waals surface area contributed by atoms with Crippen molar-refractivity contribution in [1.82, 2.24) is 10.1 Å². The highest BCUT2D eigenvalue weighted by atomic mass is 19.1. The van der Waals surface area contributed by atoms with Gasteiger partial charge in [-0.15, -0.1) is 0 Å². The molecule has 0 spiro atoms. The lowest BCUT2D eigenvalue weighted by molar-refractivity contribution is -0.295. The summed E-state index contributed by atoms with van der Waals surface area (Å²) in [7, 11) is 5.13. The van der Waals surface area contributed by atoms with Gasteiger partial charge >= 0.3 is 11.9 Å². The monoisotopic (exact) mass is 844 g/mol. The number of methoxy groups -OCH3 is 1. The Kier molecular flexibility index (Phi) is 14.6. The van der Waals surface area contributed by atoms with E-state index >= 15 is 0 Å². The van der Waals surface area contributed by atoms with Crippen molar-refractivity contribution in [3.63, 3.8) is 0 Å². The number of ether oxygens (including phenoxy) is 5. The van der Waals surface area contributed by atoms with Crippen molar-refractivity contribution in [2.24, 2.45) is 46.4 Å². The molecule has 2 aromatic rings. The van der Waals surface area contributed by atoms with Crippen LogP contribution in [0.5, 0.6) is 0 Å². The number of aliphatic hydroxyl groups excluding tert-OH is 1. The maximum atomic E-state index is 14.7. The Labute approximate surface area is 350 Å². The second kappa shape index (κ2) is 18.8. The largest absolute Gasteiger partial charge is 0.458 e. The number of nitrogens with two attached hydrogens (primary N) is 1. The van der Waals surface area contributed by atoms with E-state index < -0.39 is 94.9 Å². The van der Waals surface area contributed by atoms with Crippen molar-refractivity contribution in [2.45, 2.75) is 129 Å². The first-order valence-corrected chi connectivity index (χ1v) is 20.5. The zero-order chi connectivity index (χ0) is 44.4. The molecule has 60 heavy (non-hydrogen) atoms. The Hall–Kier alpha value is -4.29. The number of likely N-dealkylation sites (N-methyl/N-ethyl adjacent to an activating group) is 1. The molecule has 0 amide bonds. The fraction of sp³-hybridized carbons (Fsp3) is 0.674. The van der Waals surface area contributed by atoms with Crippen LogP contribution in [0.25, 0.3) is 11.3 Å². The van der Waals surface area contributed by atoms with Crippen LogP contribution in [0.15, 0.2) is 40.0 Å².